The van der Waals surface area contributed by atoms with Crippen LogP contribution in [0.15, 0.2) is 67.1 Å². The molecule has 4 aromatic rings. The molecule has 0 unspecified atom stereocenters. The Morgan fingerprint density at radius 2 is 1.58 bits per heavy atom. The second-order valence-electron chi connectivity index (χ2n) is 10.9. The van der Waals surface area contributed by atoms with E-state index >= 15 is 0 Å². The number of rotatable bonds is 7. The molecule has 0 spiro atoms. The van der Waals surface area contributed by atoms with Gasteiger partial charge in [0, 0.05) is 30.9 Å². The maximum atomic E-state index is 9.76. The van der Waals surface area contributed by atoms with Gasteiger partial charge in [-0.05, 0) is 87.2 Å². The van der Waals surface area contributed by atoms with E-state index in [4.69, 9.17) is 10.5 Å². The molecule has 2 aromatic carbocycles. The monoisotopic (exact) mass is 511 g/mol. The Bertz CT molecular complexity index is 1340. The molecule has 198 valence electrons. The number of nitrogens with two attached hydrogens (primary N) is 1. The van der Waals surface area contributed by atoms with E-state index in [2.05, 4.69) is 37.8 Å². The molecule has 3 N–H and O–H groups in total. The van der Waals surface area contributed by atoms with Crippen LogP contribution in [0.2, 0.25) is 0 Å². The zero-order valence-electron chi connectivity index (χ0n) is 21.9. The maximum Gasteiger partial charge on any atom is 0.146 e. The van der Waals surface area contributed by atoms with Crippen molar-refractivity contribution in [2.45, 2.75) is 57.1 Å². The summed E-state index contributed by atoms with van der Waals surface area (Å²) >= 11 is 0. The van der Waals surface area contributed by atoms with Crippen LogP contribution >= 0.6 is 0 Å². The summed E-state index contributed by atoms with van der Waals surface area (Å²) < 4.78 is 8.33. The molecule has 2 fully saturated rings. The van der Waals surface area contributed by atoms with E-state index in [1.165, 1.54) is 19.3 Å². The van der Waals surface area contributed by atoms with Crippen LogP contribution in [0.25, 0.3) is 22.2 Å². The highest BCUT2D eigenvalue weighted by atomic mass is 16.5. The number of para-hydroxylation sites is 1. The number of nitrogens with zero attached hydrogens (tertiary/aromatic N) is 4. The van der Waals surface area contributed by atoms with Gasteiger partial charge < -0.3 is 25.0 Å². The number of hydrogen-bond donors (Lipinski definition) is 2. The first-order valence-corrected chi connectivity index (χ1v) is 14.0. The smallest absolute Gasteiger partial charge is 0.146 e. The number of fused-ring (bicyclic) bond motifs is 1. The predicted octanol–water partition coefficient (Wildman–Crippen LogP) is 6.05. The molecule has 1 aliphatic heterocycles. The fourth-order valence-corrected chi connectivity index (χ4v) is 6.15. The van der Waals surface area contributed by atoms with Gasteiger partial charge in [0.25, 0.3) is 0 Å². The fraction of sp³-hybridized carbons (Fsp3) is 0.419. The third kappa shape index (κ3) is 5.40. The highest BCUT2D eigenvalue weighted by molar-refractivity contribution is 6.00. The summed E-state index contributed by atoms with van der Waals surface area (Å²) in [5, 5.41) is 10.7. The summed E-state index contributed by atoms with van der Waals surface area (Å²) in [4.78, 5) is 11.5. The molecule has 0 bridgehead atoms. The van der Waals surface area contributed by atoms with Crippen molar-refractivity contribution in [1.29, 1.82) is 0 Å². The first-order valence-electron chi connectivity index (χ1n) is 14.0. The number of anilines is 1. The summed E-state index contributed by atoms with van der Waals surface area (Å²) in [5.41, 5.74) is 9.47. The van der Waals surface area contributed by atoms with Crippen molar-refractivity contribution in [2.24, 2.45) is 5.92 Å². The average Bonchev–Trinajstić information content (AvgIpc) is 3.35. The molecule has 7 heteroatoms. The fourth-order valence-electron chi connectivity index (χ4n) is 6.15. The van der Waals surface area contributed by atoms with Crippen LogP contribution in [-0.2, 0) is 0 Å². The van der Waals surface area contributed by atoms with Gasteiger partial charge in [-0.3, -0.25) is 0 Å². The van der Waals surface area contributed by atoms with Crippen LogP contribution in [0.4, 0.5) is 5.82 Å². The number of aliphatic hydroxyl groups excluding tert-OH is 1. The van der Waals surface area contributed by atoms with Crippen molar-refractivity contribution in [1.82, 2.24) is 19.4 Å². The van der Waals surface area contributed by atoms with E-state index in [1.54, 1.807) is 6.33 Å². The Kier molecular flexibility index (Phi) is 7.29. The second-order valence-corrected chi connectivity index (χ2v) is 10.9. The SMILES string of the molecule is Nc1ncnc2c1c(-c1ccc(Oc3ccccc3)cc1)cn2C1CCC(CCN2CCC(O)CC2)CC1. The molecule has 3 heterocycles. The van der Waals surface area contributed by atoms with Gasteiger partial charge in [-0.25, -0.2) is 9.97 Å². The van der Waals surface area contributed by atoms with Crippen LogP contribution in [0.3, 0.4) is 0 Å². The Labute approximate surface area is 224 Å². The largest absolute Gasteiger partial charge is 0.457 e. The molecule has 1 aliphatic carbocycles. The highest BCUT2D eigenvalue weighted by Gasteiger charge is 2.26. The molecule has 0 radical (unpaired) electrons. The summed E-state index contributed by atoms with van der Waals surface area (Å²) in [6, 6.07) is 18.4. The van der Waals surface area contributed by atoms with Gasteiger partial charge >= 0.3 is 0 Å². The van der Waals surface area contributed by atoms with Crippen molar-refractivity contribution in [3.63, 3.8) is 0 Å². The van der Waals surface area contributed by atoms with E-state index in [0.29, 0.717) is 11.9 Å². The van der Waals surface area contributed by atoms with Crippen LogP contribution in [0.5, 0.6) is 11.5 Å². The predicted molar refractivity (Wildman–Crippen MR) is 151 cm³/mol. The second kappa shape index (κ2) is 11.1. The maximum absolute atomic E-state index is 9.76. The molecule has 6 rings (SSSR count). The van der Waals surface area contributed by atoms with E-state index in [-0.39, 0.29) is 6.10 Å². The van der Waals surface area contributed by atoms with Gasteiger partial charge in [-0.1, -0.05) is 30.3 Å². The normalized spacial score (nSPS) is 21.1. The summed E-state index contributed by atoms with van der Waals surface area (Å²) in [5.74, 6) is 2.91. The number of likely N-dealkylation sites (tertiary alicyclic amines) is 1. The minimum absolute atomic E-state index is 0.0959. The Morgan fingerprint density at radius 1 is 0.868 bits per heavy atom. The Hall–Kier alpha value is -3.42. The standard InChI is InChI=1S/C31H37N5O2/c32-30-29-28(23-8-12-27(13-9-23)38-26-4-2-1-3-5-26)20-36(31(29)34-21-33-30)24-10-6-22(7-11-24)14-17-35-18-15-25(37)16-19-35/h1-5,8-9,12-13,20-22,24-25,37H,6-7,10-11,14-19H2,(H2,32,33,34). The highest BCUT2D eigenvalue weighted by Crippen LogP contribution is 2.40. The minimum Gasteiger partial charge on any atom is -0.457 e. The van der Waals surface area contributed by atoms with Crippen molar-refractivity contribution in [3.05, 3.63) is 67.1 Å². The molecule has 0 atom stereocenters. The van der Waals surface area contributed by atoms with Crippen LogP contribution < -0.4 is 10.5 Å². The van der Waals surface area contributed by atoms with Crippen molar-refractivity contribution in [3.8, 4) is 22.6 Å². The van der Waals surface area contributed by atoms with Gasteiger partial charge in [0.05, 0.1) is 11.5 Å². The van der Waals surface area contributed by atoms with Gasteiger partial charge in [-0.2, -0.15) is 0 Å². The molecule has 1 saturated heterocycles. The zero-order valence-corrected chi connectivity index (χ0v) is 21.9. The molecule has 0 amide bonds. The Balaban J connectivity index is 1.16. The minimum atomic E-state index is -0.0959. The number of aliphatic hydroxyl groups is 1. The first kappa shape index (κ1) is 24.9. The third-order valence-electron chi connectivity index (χ3n) is 8.40. The first-order chi connectivity index (χ1) is 18.6. The van der Waals surface area contributed by atoms with Gasteiger partial charge in [0.2, 0.25) is 0 Å². The topological polar surface area (TPSA) is 89.4 Å². The van der Waals surface area contributed by atoms with Crippen molar-refractivity contribution >= 4 is 16.9 Å². The van der Waals surface area contributed by atoms with Crippen molar-refractivity contribution in [2.75, 3.05) is 25.4 Å². The van der Waals surface area contributed by atoms with E-state index in [1.807, 2.05) is 42.5 Å². The van der Waals surface area contributed by atoms with E-state index in [0.717, 1.165) is 84.9 Å². The molecular weight excluding hydrogens is 474 g/mol. The van der Waals surface area contributed by atoms with Gasteiger partial charge in [0.15, 0.2) is 0 Å². The lowest BCUT2D eigenvalue weighted by Crippen LogP contribution is -2.37. The lowest BCUT2D eigenvalue weighted by atomic mass is 9.84. The average molecular weight is 512 g/mol. The Morgan fingerprint density at radius 3 is 2.32 bits per heavy atom. The third-order valence-corrected chi connectivity index (χ3v) is 8.40. The lowest BCUT2D eigenvalue weighted by Gasteiger charge is -2.33. The summed E-state index contributed by atoms with van der Waals surface area (Å²) in [7, 11) is 0. The quantitative estimate of drug-likeness (QED) is 0.314. The molecule has 2 aromatic heterocycles. The van der Waals surface area contributed by atoms with Crippen LogP contribution in [0.1, 0.15) is 51.0 Å². The van der Waals surface area contributed by atoms with Gasteiger partial charge in [-0.15, -0.1) is 0 Å². The summed E-state index contributed by atoms with van der Waals surface area (Å²) in [6.07, 6.45) is 11.6. The summed E-state index contributed by atoms with van der Waals surface area (Å²) in [6.45, 7) is 3.23. The van der Waals surface area contributed by atoms with Crippen LogP contribution in [0, 0.1) is 5.92 Å². The number of piperidine rings is 1. The molecule has 2 aliphatic rings. The lowest BCUT2D eigenvalue weighted by molar-refractivity contribution is 0.0780. The zero-order chi connectivity index (χ0) is 25.9. The van der Waals surface area contributed by atoms with E-state index in [9.17, 15) is 5.11 Å². The number of ether oxygens (including phenoxy) is 1. The number of aromatic nitrogens is 3. The molecule has 38 heavy (non-hydrogen) atoms. The number of hydrogen-bond acceptors (Lipinski definition) is 6. The van der Waals surface area contributed by atoms with Crippen molar-refractivity contribution < 1.29 is 9.84 Å². The molecule has 7 nitrogen and oxygen atoms in total. The molecular formula is C31H37N5O2. The number of nitrogen functional groups attached to an aromatic ring is 1. The van der Waals surface area contributed by atoms with E-state index < -0.39 is 0 Å². The molecule has 1 saturated carbocycles. The van der Waals surface area contributed by atoms with Crippen LogP contribution in [-0.4, -0.2) is 50.3 Å². The number of benzene rings is 2. The van der Waals surface area contributed by atoms with Gasteiger partial charge in [0.1, 0.15) is 29.3 Å².